The molecule has 1 aromatic carbocycles. The van der Waals surface area contributed by atoms with Gasteiger partial charge in [0.15, 0.2) is 5.75 Å². The highest BCUT2D eigenvalue weighted by Crippen LogP contribution is 2.28. The van der Waals surface area contributed by atoms with Crippen molar-refractivity contribution in [3.05, 3.63) is 58.9 Å². The normalized spacial score (nSPS) is 10.2. The number of carboxylic acid groups (broad SMARTS) is 1. The molecular weight excluding hydrogens is 266 g/mol. The van der Waals surface area contributed by atoms with Gasteiger partial charge in [-0.05, 0) is 24.3 Å². The Balaban J connectivity index is 2.05. The second-order valence-corrected chi connectivity index (χ2v) is 4.25. The fourth-order valence-electron chi connectivity index (χ4n) is 1.63. The molecule has 0 unspecified atom stereocenters. The van der Waals surface area contributed by atoms with Crippen LogP contribution in [0.4, 0.5) is 0 Å². The molecule has 19 heavy (non-hydrogen) atoms. The van der Waals surface area contributed by atoms with Crippen molar-refractivity contribution in [1.82, 2.24) is 4.98 Å². The van der Waals surface area contributed by atoms with Gasteiger partial charge in [0.05, 0.1) is 11.6 Å². The van der Waals surface area contributed by atoms with E-state index in [1.807, 2.05) is 18.2 Å². The molecule has 0 radical (unpaired) electrons. The molecule has 1 heterocycles. The Morgan fingerprint density at radius 1 is 1.26 bits per heavy atom. The van der Waals surface area contributed by atoms with Gasteiger partial charge in [0.2, 0.25) is 0 Å². The van der Waals surface area contributed by atoms with Crippen molar-refractivity contribution in [2.24, 2.45) is 0 Å². The van der Waals surface area contributed by atoms with Crippen LogP contribution in [-0.2, 0) is 6.42 Å². The molecule has 0 saturated carbocycles. The SMILES string of the molecule is O=C(O)c1cccc(Cl)c1OCCc1ccccn1. The summed E-state index contributed by atoms with van der Waals surface area (Å²) >= 11 is 5.95. The van der Waals surface area contributed by atoms with Gasteiger partial charge in [-0.2, -0.15) is 0 Å². The number of aromatic carboxylic acids is 1. The van der Waals surface area contributed by atoms with Crippen LogP contribution in [0.2, 0.25) is 5.02 Å². The molecule has 1 aromatic heterocycles. The highest BCUT2D eigenvalue weighted by molar-refractivity contribution is 6.32. The van der Waals surface area contributed by atoms with Gasteiger partial charge in [-0.1, -0.05) is 23.7 Å². The first kappa shape index (κ1) is 13.4. The summed E-state index contributed by atoms with van der Waals surface area (Å²) in [6, 6.07) is 10.3. The number of hydrogen-bond donors (Lipinski definition) is 1. The number of benzene rings is 1. The van der Waals surface area contributed by atoms with E-state index in [4.69, 9.17) is 21.4 Å². The number of carboxylic acids is 1. The van der Waals surface area contributed by atoms with Crippen LogP contribution in [0.1, 0.15) is 16.1 Å². The number of para-hydroxylation sites is 1. The highest BCUT2D eigenvalue weighted by Gasteiger charge is 2.14. The lowest BCUT2D eigenvalue weighted by molar-refractivity contribution is 0.0692. The first-order valence-electron chi connectivity index (χ1n) is 5.73. The number of halogens is 1. The molecule has 1 N–H and O–H groups in total. The van der Waals surface area contributed by atoms with Crippen molar-refractivity contribution < 1.29 is 14.6 Å². The zero-order chi connectivity index (χ0) is 13.7. The number of pyridine rings is 1. The predicted octanol–water partition coefficient (Wildman–Crippen LogP) is 3.05. The summed E-state index contributed by atoms with van der Waals surface area (Å²) in [6.07, 6.45) is 2.29. The van der Waals surface area contributed by atoms with Crippen LogP contribution >= 0.6 is 11.6 Å². The molecule has 0 aliphatic heterocycles. The predicted molar refractivity (Wildman–Crippen MR) is 71.8 cm³/mol. The van der Waals surface area contributed by atoms with Crippen LogP contribution in [0.5, 0.6) is 5.75 Å². The third-order valence-corrected chi connectivity index (χ3v) is 2.83. The minimum absolute atomic E-state index is 0.0634. The summed E-state index contributed by atoms with van der Waals surface area (Å²) in [6.45, 7) is 0.320. The van der Waals surface area contributed by atoms with E-state index >= 15 is 0 Å². The number of ether oxygens (including phenoxy) is 1. The number of nitrogens with zero attached hydrogens (tertiary/aromatic N) is 1. The molecule has 0 aliphatic carbocycles. The molecule has 0 aliphatic rings. The maximum atomic E-state index is 11.1. The van der Waals surface area contributed by atoms with Crippen LogP contribution in [0.3, 0.4) is 0 Å². The van der Waals surface area contributed by atoms with Crippen molar-refractivity contribution in [3.8, 4) is 5.75 Å². The van der Waals surface area contributed by atoms with Gasteiger partial charge in [0.25, 0.3) is 0 Å². The molecule has 98 valence electrons. The van der Waals surface area contributed by atoms with E-state index in [0.29, 0.717) is 18.1 Å². The molecule has 4 nitrogen and oxygen atoms in total. The first-order chi connectivity index (χ1) is 9.18. The van der Waals surface area contributed by atoms with E-state index in [-0.39, 0.29) is 11.3 Å². The molecule has 0 spiro atoms. The second kappa shape index (κ2) is 6.20. The van der Waals surface area contributed by atoms with Crippen LogP contribution < -0.4 is 4.74 Å². The van der Waals surface area contributed by atoms with Crippen LogP contribution in [-0.4, -0.2) is 22.7 Å². The zero-order valence-electron chi connectivity index (χ0n) is 10.0. The Labute approximate surface area is 115 Å². The molecule has 0 amide bonds. The van der Waals surface area contributed by atoms with E-state index in [1.54, 1.807) is 18.3 Å². The number of carbonyl (C=O) groups is 1. The molecule has 5 heteroatoms. The van der Waals surface area contributed by atoms with Gasteiger partial charge in [-0.25, -0.2) is 4.79 Å². The Bertz CT molecular complexity index is 572. The van der Waals surface area contributed by atoms with Gasteiger partial charge in [-0.3, -0.25) is 4.98 Å². The first-order valence-corrected chi connectivity index (χ1v) is 6.11. The Hall–Kier alpha value is -2.07. The van der Waals surface area contributed by atoms with Crippen LogP contribution in [0, 0.1) is 0 Å². The average molecular weight is 278 g/mol. The molecule has 0 saturated heterocycles. The summed E-state index contributed by atoms with van der Waals surface area (Å²) < 4.78 is 5.48. The van der Waals surface area contributed by atoms with Gasteiger partial charge in [-0.15, -0.1) is 0 Å². The molecule has 0 atom stereocenters. The number of hydrogen-bond acceptors (Lipinski definition) is 3. The van der Waals surface area contributed by atoms with E-state index in [9.17, 15) is 4.79 Å². The lowest BCUT2D eigenvalue weighted by Crippen LogP contribution is -2.07. The monoisotopic (exact) mass is 277 g/mol. The van der Waals surface area contributed by atoms with Crippen molar-refractivity contribution >= 4 is 17.6 Å². The second-order valence-electron chi connectivity index (χ2n) is 3.84. The van der Waals surface area contributed by atoms with Crippen LogP contribution in [0.15, 0.2) is 42.6 Å². The lowest BCUT2D eigenvalue weighted by Gasteiger charge is -2.10. The summed E-state index contributed by atoms with van der Waals surface area (Å²) in [4.78, 5) is 15.2. The minimum Gasteiger partial charge on any atom is -0.491 e. The molecule has 0 bridgehead atoms. The third-order valence-electron chi connectivity index (χ3n) is 2.53. The quantitative estimate of drug-likeness (QED) is 0.912. The summed E-state index contributed by atoms with van der Waals surface area (Å²) in [7, 11) is 0. The van der Waals surface area contributed by atoms with E-state index < -0.39 is 5.97 Å². The van der Waals surface area contributed by atoms with Gasteiger partial charge < -0.3 is 9.84 Å². The molecular formula is C14H12ClNO3. The Morgan fingerprint density at radius 2 is 2.11 bits per heavy atom. The molecule has 2 aromatic rings. The lowest BCUT2D eigenvalue weighted by atomic mass is 10.2. The molecule has 2 rings (SSSR count). The fourth-order valence-corrected chi connectivity index (χ4v) is 1.86. The molecule has 0 fully saturated rings. The Kier molecular flexibility index (Phi) is 4.36. The standard InChI is InChI=1S/C14H12ClNO3/c15-12-6-3-5-11(14(17)18)13(12)19-9-7-10-4-1-2-8-16-10/h1-6,8H,7,9H2,(H,17,18). The number of aromatic nitrogens is 1. The Morgan fingerprint density at radius 3 is 2.79 bits per heavy atom. The fraction of sp³-hybridized carbons (Fsp3) is 0.143. The van der Waals surface area contributed by atoms with Gasteiger partial charge in [0.1, 0.15) is 5.56 Å². The third kappa shape index (κ3) is 3.45. The van der Waals surface area contributed by atoms with Gasteiger partial charge >= 0.3 is 5.97 Å². The summed E-state index contributed by atoms with van der Waals surface area (Å²) in [5.41, 5.74) is 0.944. The largest absolute Gasteiger partial charge is 0.491 e. The van der Waals surface area contributed by atoms with E-state index in [0.717, 1.165) is 5.69 Å². The van der Waals surface area contributed by atoms with Crippen molar-refractivity contribution in [3.63, 3.8) is 0 Å². The van der Waals surface area contributed by atoms with Crippen molar-refractivity contribution in [2.45, 2.75) is 6.42 Å². The zero-order valence-corrected chi connectivity index (χ0v) is 10.8. The summed E-state index contributed by atoms with van der Waals surface area (Å²) in [5, 5.41) is 9.35. The highest BCUT2D eigenvalue weighted by atomic mass is 35.5. The van der Waals surface area contributed by atoms with Crippen molar-refractivity contribution in [1.29, 1.82) is 0 Å². The van der Waals surface area contributed by atoms with E-state index in [2.05, 4.69) is 4.98 Å². The van der Waals surface area contributed by atoms with Gasteiger partial charge in [0, 0.05) is 18.3 Å². The van der Waals surface area contributed by atoms with Crippen molar-refractivity contribution in [2.75, 3.05) is 6.61 Å². The summed E-state index contributed by atoms with van der Waals surface area (Å²) in [5.74, 6) is -0.858. The average Bonchev–Trinajstić information content (AvgIpc) is 2.41. The van der Waals surface area contributed by atoms with E-state index in [1.165, 1.54) is 6.07 Å². The topological polar surface area (TPSA) is 59.4 Å². The maximum Gasteiger partial charge on any atom is 0.339 e. The number of rotatable bonds is 5. The minimum atomic E-state index is -1.06. The smallest absolute Gasteiger partial charge is 0.339 e. The van der Waals surface area contributed by atoms with Crippen LogP contribution in [0.25, 0.3) is 0 Å². The maximum absolute atomic E-state index is 11.1.